The minimum Gasteiger partial charge on any atom is -0.370 e. The predicted octanol–water partition coefficient (Wildman–Crippen LogP) is 3.02. The summed E-state index contributed by atoms with van der Waals surface area (Å²) in [6.45, 7) is 10.7. The van der Waals surface area contributed by atoms with Crippen LogP contribution >= 0.6 is 0 Å². The Labute approximate surface area is 116 Å². The first-order chi connectivity index (χ1) is 9.08. The molecule has 1 aromatic heterocycles. The van der Waals surface area contributed by atoms with Crippen LogP contribution in [0.1, 0.15) is 44.5 Å². The van der Waals surface area contributed by atoms with Gasteiger partial charge in [0.25, 0.3) is 5.91 Å². The van der Waals surface area contributed by atoms with Crippen molar-refractivity contribution in [3.8, 4) is 0 Å². The monoisotopic (exact) mass is 263 g/mol. The van der Waals surface area contributed by atoms with Crippen molar-refractivity contribution in [2.24, 2.45) is 5.92 Å². The number of aromatic nitrogens is 1. The number of carbonyl (C=O) groups excluding carboxylic acids is 1. The number of amides is 1. The second-order valence-corrected chi connectivity index (χ2v) is 5.09. The molecule has 0 saturated heterocycles. The maximum atomic E-state index is 12.4. The van der Waals surface area contributed by atoms with Crippen LogP contribution in [-0.2, 0) is 0 Å². The van der Waals surface area contributed by atoms with E-state index in [1.54, 1.807) is 12.3 Å². The molecule has 0 saturated carbocycles. The van der Waals surface area contributed by atoms with Gasteiger partial charge in [-0.25, -0.2) is 4.98 Å². The predicted molar refractivity (Wildman–Crippen MR) is 79.4 cm³/mol. The van der Waals surface area contributed by atoms with Crippen LogP contribution in [0.15, 0.2) is 18.3 Å². The van der Waals surface area contributed by atoms with E-state index in [2.05, 4.69) is 31.1 Å². The molecular weight excluding hydrogens is 238 g/mol. The van der Waals surface area contributed by atoms with Crippen molar-refractivity contribution in [3.05, 3.63) is 23.9 Å². The Kier molecular flexibility index (Phi) is 6.33. The van der Waals surface area contributed by atoms with Crippen LogP contribution in [0.5, 0.6) is 0 Å². The molecule has 1 aromatic rings. The van der Waals surface area contributed by atoms with Crippen molar-refractivity contribution in [1.29, 1.82) is 0 Å². The standard InChI is InChI=1S/C15H25N3O/c1-5-8-16-14-10-13(7-9-17-14)15(19)18(6-2)11-12(3)4/h7,9-10,12H,5-6,8,11H2,1-4H3,(H,16,17). The molecule has 1 N–H and O–H groups in total. The molecule has 1 heterocycles. The average Bonchev–Trinajstić information content (AvgIpc) is 2.41. The number of pyridine rings is 1. The zero-order valence-corrected chi connectivity index (χ0v) is 12.4. The van der Waals surface area contributed by atoms with Gasteiger partial charge in [-0.05, 0) is 31.4 Å². The van der Waals surface area contributed by atoms with E-state index < -0.39 is 0 Å². The molecule has 106 valence electrons. The van der Waals surface area contributed by atoms with E-state index in [0.29, 0.717) is 11.5 Å². The van der Waals surface area contributed by atoms with Gasteiger partial charge in [-0.1, -0.05) is 20.8 Å². The van der Waals surface area contributed by atoms with Gasteiger partial charge in [0, 0.05) is 31.4 Å². The number of nitrogens with one attached hydrogen (secondary N) is 1. The Morgan fingerprint density at radius 1 is 1.42 bits per heavy atom. The molecule has 0 atom stereocenters. The summed E-state index contributed by atoms with van der Waals surface area (Å²) in [5.41, 5.74) is 0.705. The Balaban J connectivity index is 2.79. The molecule has 0 aliphatic rings. The van der Waals surface area contributed by atoms with Crippen molar-refractivity contribution in [1.82, 2.24) is 9.88 Å². The van der Waals surface area contributed by atoms with Crippen LogP contribution in [0.4, 0.5) is 5.82 Å². The molecule has 0 radical (unpaired) electrons. The van der Waals surface area contributed by atoms with E-state index in [1.807, 2.05) is 17.9 Å². The Morgan fingerprint density at radius 2 is 2.16 bits per heavy atom. The van der Waals surface area contributed by atoms with Gasteiger partial charge in [-0.2, -0.15) is 0 Å². The average molecular weight is 263 g/mol. The van der Waals surface area contributed by atoms with E-state index in [9.17, 15) is 4.79 Å². The van der Waals surface area contributed by atoms with E-state index in [0.717, 1.165) is 31.9 Å². The van der Waals surface area contributed by atoms with Crippen molar-refractivity contribution in [2.75, 3.05) is 25.0 Å². The number of hydrogen-bond donors (Lipinski definition) is 1. The van der Waals surface area contributed by atoms with Crippen molar-refractivity contribution < 1.29 is 4.79 Å². The number of anilines is 1. The van der Waals surface area contributed by atoms with Crippen LogP contribution < -0.4 is 5.32 Å². The smallest absolute Gasteiger partial charge is 0.254 e. The van der Waals surface area contributed by atoms with Crippen LogP contribution in [0.3, 0.4) is 0 Å². The molecule has 19 heavy (non-hydrogen) atoms. The molecule has 1 rings (SSSR count). The van der Waals surface area contributed by atoms with Crippen molar-refractivity contribution in [3.63, 3.8) is 0 Å². The molecule has 0 aliphatic heterocycles. The summed E-state index contributed by atoms with van der Waals surface area (Å²) in [6, 6.07) is 3.61. The zero-order chi connectivity index (χ0) is 14.3. The van der Waals surface area contributed by atoms with Gasteiger partial charge in [0.05, 0.1) is 0 Å². The van der Waals surface area contributed by atoms with E-state index in [1.165, 1.54) is 0 Å². The second kappa shape index (κ2) is 7.77. The minimum absolute atomic E-state index is 0.0816. The maximum absolute atomic E-state index is 12.4. The molecule has 0 spiro atoms. The number of nitrogens with zero attached hydrogens (tertiary/aromatic N) is 2. The fourth-order valence-corrected chi connectivity index (χ4v) is 1.89. The van der Waals surface area contributed by atoms with Gasteiger partial charge in [0.1, 0.15) is 5.82 Å². The van der Waals surface area contributed by atoms with Crippen LogP contribution in [0.25, 0.3) is 0 Å². The largest absolute Gasteiger partial charge is 0.370 e. The SMILES string of the molecule is CCCNc1cc(C(=O)N(CC)CC(C)C)ccn1. The van der Waals surface area contributed by atoms with Gasteiger partial charge in [-0.3, -0.25) is 4.79 Å². The number of carbonyl (C=O) groups is 1. The summed E-state index contributed by atoms with van der Waals surface area (Å²) in [7, 11) is 0. The normalized spacial score (nSPS) is 10.6. The third-order valence-electron chi connectivity index (χ3n) is 2.82. The van der Waals surface area contributed by atoms with Gasteiger partial charge in [0.15, 0.2) is 0 Å². The fraction of sp³-hybridized carbons (Fsp3) is 0.600. The van der Waals surface area contributed by atoms with Gasteiger partial charge in [-0.15, -0.1) is 0 Å². The van der Waals surface area contributed by atoms with Gasteiger partial charge < -0.3 is 10.2 Å². The minimum atomic E-state index is 0.0816. The molecular formula is C15H25N3O. The van der Waals surface area contributed by atoms with E-state index >= 15 is 0 Å². The summed E-state index contributed by atoms with van der Waals surface area (Å²) in [5, 5.41) is 3.21. The first kappa shape index (κ1) is 15.5. The zero-order valence-electron chi connectivity index (χ0n) is 12.4. The molecule has 0 aromatic carbocycles. The van der Waals surface area contributed by atoms with Crippen molar-refractivity contribution in [2.45, 2.75) is 34.1 Å². The van der Waals surface area contributed by atoms with Gasteiger partial charge >= 0.3 is 0 Å². The second-order valence-electron chi connectivity index (χ2n) is 5.09. The Bertz CT molecular complexity index is 404. The fourth-order valence-electron chi connectivity index (χ4n) is 1.89. The lowest BCUT2D eigenvalue weighted by Crippen LogP contribution is -2.34. The lowest BCUT2D eigenvalue weighted by molar-refractivity contribution is 0.0745. The van der Waals surface area contributed by atoms with Crippen LogP contribution in [-0.4, -0.2) is 35.4 Å². The highest BCUT2D eigenvalue weighted by Crippen LogP contribution is 2.11. The summed E-state index contributed by atoms with van der Waals surface area (Å²) < 4.78 is 0. The van der Waals surface area contributed by atoms with E-state index in [-0.39, 0.29) is 5.91 Å². The summed E-state index contributed by atoms with van der Waals surface area (Å²) in [5.74, 6) is 1.33. The number of hydrogen-bond acceptors (Lipinski definition) is 3. The molecule has 4 heteroatoms. The highest BCUT2D eigenvalue weighted by atomic mass is 16.2. The summed E-state index contributed by atoms with van der Waals surface area (Å²) in [4.78, 5) is 18.5. The molecule has 0 aliphatic carbocycles. The van der Waals surface area contributed by atoms with Crippen LogP contribution in [0, 0.1) is 5.92 Å². The molecule has 0 fully saturated rings. The summed E-state index contributed by atoms with van der Waals surface area (Å²) >= 11 is 0. The Hall–Kier alpha value is -1.58. The quantitative estimate of drug-likeness (QED) is 0.822. The highest BCUT2D eigenvalue weighted by Gasteiger charge is 2.15. The first-order valence-corrected chi connectivity index (χ1v) is 7.07. The highest BCUT2D eigenvalue weighted by molar-refractivity contribution is 5.94. The van der Waals surface area contributed by atoms with Crippen molar-refractivity contribution >= 4 is 11.7 Å². The molecule has 4 nitrogen and oxygen atoms in total. The molecule has 0 unspecified atom stereocenters. The van der Waals surface area contributed by atoms with Gasteiger partial charge in [0.2, 0.25) is 0 Å². The van der Waals surface area contributed by atoms with E-state index in [4.69, 9.17) is 0 Å². The topological polar surface area (TPSA) is 45.2 Å². The first-order valence-electron chi connectivity index (χ1n) is 7.07. The third kappa shape index (κ3) is 4.89. The molecule has 1 amide bonds. The molecule has 0 bridgehead atoms. The van der Waals surface area contributed by atoms with Crippen LogP contribution in [0.2, 0.25) is 0 Å². The Morgan fingerprint density at radius 3 is 2.74 bits per heavy atom. The third-order valence-corrected chi connectivity index (χ3v) is 2.82. The lowest BCUT2D eigenvalue weighted by Gasteiger charge is -2.23. The summed E-state index contributed by atoms with van der Waals surface area (Å²) in [6.07, 6.45) is 2.72. The maximum Gasteiger partial charge on any atom is 0.254 e. The lowest BCUT2D eigenvalue weighted by atomic mass is 10.1. The number of rotatable bonds is 7.